The van der Waals surface area contributed by atoms with Crippen LogP contribution in [0.4, 0.5) is 0 Å². The summed E-state index contributed by atoms with van der Waals surface area (Å²) < 4.78 is 5.44. The molecule has 0 N–H and O–H groups in total. The Bertz CT molecular complexity index is 520. The van der Waals surface area contributed by atoms with E-state index in [0.29, 0.717) is 12.5 Å². The van der Waals surface area contributed by atoms with Crippen molar-refractivity contribution in [1.29, 1.82) is 5.26 Å². The molecule has 1 aromatic heterocycles. The van der Waals surface area contributed by atoms with Crippen molar-refractivity contribution in [3.63, 3.8) is 0 Å². The van der Waals surface area contributed by atoms with Gasteiger partial charge in [-0.1, -0.05) is 30.3 Å². The first-order valence-corrected chi connectivity index (χ1v) is 5.28. The second-order valence-electron chi connectivity index (χ2n) is 3.41. The number of ether oxygens (including phenoxy) is 1. The average Bonchev–Trinajstić information content (AvgIpc) is 2.40. The minimum absolute atomic E-state index is 0.223. The first-order chi connectivity index (χ1) is 8.40. The van der Waals surface area contributed by atoms with Gasteiger partial charge in [0.2, 0.25) is 5.69 Å². The van der Waals surface area contributed by atoms with Crippen molar-refractivity contribution in [3.05, 3.63) is 54.0 Å². The highest BCUT2D eigenvalue weighted by Crippen LogP contribution is 2.10. The molecule has 1 aromatic carbocycles. The van der Waals surface area contributed by atoms with Crippen LogP contribution in [0.25, 0.3) is 0 Å². The molecular formula is C13H11N3O. The van der Waals surface area contributed by atoms with E-state index in [9.17, 15) is 0 Å². The maximum Gasteiger partial charge on any atom is 0.251 e. The van der Waals surface area contributed by atoms with Crippen molar-refractivity contribution in [1.82, 2.24) is 9.97 Å². The van der Waals surface area contributed by atoms with Gasteiger partial charge in [-0.15, -0.1) is 0 Å². The molecule has 0 saturated heterocycles. The van der Waals surface area contributed by atoms with Crippen LogP contribution in [0.15, 0.2) is 42.7 Å². The molecule has 4 nitrogen and oxygen atoms in total. The summed E-state index contributed by atoms with van der Waals surface area (Å²) in [4.78, 5) is 7.85. The van der Waals surface area contributed by atoms with Crippen LogP contribution in [0.3, 0.4) is 0 Å². The van der Waals surface area contributed by atoms with Crippen LogP contribution in [-0.2, 0) is 6.42 Å². The minimum Gasteiger partial charge on any atom is -0.475 e. The molecule has 0 spiro atoms. The van der Waals surface area contributed by atoms with E-state index >= 15 is 0 Å². The van der Waals surface area contributed by atoms with Crippen LogP contribution in [0.1, 0.15) is 11.3 Å². The molecule has 1 heterocycles. The van der Waals surface area contributed by atoms with Gasteiger partial charge < -0.3 is 4.74 Å². The monoisotopic (exact) mass is 225 g/mol. The Labute approximate surface area is 99.5 Å². The van der Waals surface area contributed by atoms with E-state index in [4.69, 9.17) is 10.00 Å². The Morgan fingerprint density at radius 2 is 1.88 bits per heavy atom. The zero-order valence-electron chi connectivity index (χ0n) is 9.21. The van der Waals surface area contributed by atoms with Gasteiger partial charge in [-0.3, -0.25) is 0 Å². The summed E-state index contributed by atoms with van der Waals surface area (Å²) in [7, 11) is 0. The lowest BCUT2D eigenvalue weighted by Crippen LogP contribution is -2.04. The number of nitriles is 1. The van der Waals surface area contributed by atoms with Crippen LogP contribution in [0, 0.1) is 11.3 Å². The van der Waals surface area contributed by atoms with Gasteiger partial charge in [0, 0.05) is 18.8 Å². The molecule has 2 rings (SSSR count). The zero-order chi connectivity index (χ0) is 11.9. The molecule has 17 heavy (non-hydrogen) atoms. The number of rotatable bonds is 4. The first kappa shape index (κ1) is 11.1. The van der Waals surface area contributed by atoms with Crippen LogP contribution >= 0.6 is 0 Å². The lowest BCUT2D eigenvalue weighted by atomic mass is 10.2. The molecule has 0 aliphatic carbocycles. The highest BCUT2D eigenvalue weighted by molar-refractivity contribution is 5.29. The van der Waals surface area contributed by atoms with Crippen LogP contribution in [0.5, 0.6) is 5.88 Å². The molecular weight excluding hydrogens is 214 g/mol. The van der Waals surface area contributed by atoms with E-state index in [2.05, 4.69) is 9.97 Å². The first-order valence-electron chi connectivity index (χ1n) is 5.28. The number of hydrogen-bond acceptors (Lipinski definition) is 4. The predicted octanol–water partition coefficient (Wildman–Crippen LogP) is 1.97. The van der Waals surface area contributed by atoms with Gasteiger partial charge in [0.15, 0.2) is 0 Å². The fourth-order valence-corrected chi connectivity index (χ4v) is 1.42. The third-order valence-corrected chi connectivity index (χ3v) is 2.24. The molecule has 0 bridgehead atoms. The Balaban J connectivity index is 1.93. The molecule has 0 atom stereocenters. The largest absolute Gasteiger partial charge is 0.475 e. The quantitative estimate of drug-likeness (QED) is 0.798. The van der Waals surface area contributed by atoms with E-state index in [-0.39, 0.29) is 5.69 Å². The third-order valence-electron chi connectivity index (χ3n) is 2.24. The summed E-state index contributed by atoms with van der Waals surface area (Å²) in [6.45, 7) is 0.484. The molecule has 0 amide bonds. The van der Waals surface area contributed by atoms with Gasteiger partial charge in [-0.05, 0) is 5.56 Å². The average molecular weight is 225 g/mol. The van der Waals surface area contributed by atoms with Crippen LogP contribution in [-0.4, -0.2) is 16.6 Å². The minimum atomic E-state index is 0.223. The summed E-state index contributed by atoms with van der Waals surface area (Å²) in [6.07, 6.45) is 3.77. The van der Waals surface area contributed by atoms with E-state index in [0.717, 1.165) is 6.42 Å². The van der Waals surface area contributed by atoms with Gasteiger partial charge >= 0.3 is 0 Å². The van der Waals surface area contributed by atoms with Crippen molar-refractivity contribution >= 4 is 0 Å². The van der Waals surface area contributed by atoms with Gasteiger partial charge in [0.25, 0.3) is 5.88 Å². The molecule has 0 aliphatic heterocycles. The fraction of sp³-hybridized carbons (Fsp3) is 0.154. The topological polar surface area (TPSA) is 58.8 Å². The Hall–Kier alpha value is -2.41. The maximum atomic E-state index is 8.80. The van der Waals surface area contributed by atoms with Crippen LogP contribution < -0.4 is 4.74 Å². The Kier molecular flexibility index (Phi) is 3.66. The zero-order valence-corrected chi connectivity index (χ0v) is 9.21. The summed E-state index contributed by atoms with van der Waals surface area (Å²) in [5.74, 6) is 0.297. The molecule has 0 aliphatic rings. The summed E-state index contributed by atoms with van der Waals surface area (Å²) in [5.41, 5.74) is 1.41. The van der Waals surface area contributed by atoms with Gasteiger partial charge in [-0.25, -0.2) is 9.97 Å². The SMILES string of the molecule is N#Cc1nccnc1OCCc1ccccc1. The molecule has 2 aromatic rings. The van der Waals surface area contributed by atoms with Crippen molar-refractivity contribution in [2.75, 3.05) is 6.61 Å². The summed E-state index contributed by atoms with van der Waals surface area (Å²) >= 11 is 0. The second kappa shape index (κ2) is 5.61. The number of benzene rings is 1. The fourth-order valence-electron chi connectivity index (χ4n) is 1.42. The van der Waals surface area contributed by atoms with Crippen molar-refractivity contribution < 1.29 is 4.74 Å². The molecule has 4 heteroatoms. The molecule has 0 unspecified atom stereocenters. The standard InChI is InChI=1S/C13H11N3O/c14-10-12-13(16-8-7-15-12)17-9-6-11-4-2-1-3-5-11/h1-5,7-8H,6,9H2. The lowest BCUT2D eigenvalue weighted by molar-refractivity contribution is 0.307. The number of aromatic nitrogens is 2. The normalized spacial score (nSPS) is 9.59. The Morgan fingerprint density at radius 1 is 1.12 bits per heavy atom. The van der Waals surface area contributed by atoms with Crippen LogP contribution in [0.2, 0.25) is 0 Å². The predicted molar refractivity (Wildman–Crippen MR) is 62.4 cm³/mol. The van der Waals surface area contributed by atoms with Gasteiger partial charge in [0.05, 0.1) is 6.61 Å². The number of hydrogen-bond donors (Lipinski definition) is 0. The molecule has 0 fully saturated rings. The lowest BCUT2D eigenvalue weighted by Gasteiger charge is -2.05. The summed E-state index contributed by atoms with van der Waals surface area (Å²) in [6, 6.07) is 12.0. The van der Waals surface area contributed by atoms with E-state index < -0.39 is 0 Å². The third kappa shape index (κ3) is 3.02. The van der Waals surface area contributed by atoms with Crippen molar-refractivity contribution in [2.45, 2.75) is 6.42 Å². The molecule has 0 saturated carbocycles. The van der Waals surface area contributed by atoms with Gasteiger partial charge in [-0.2, -0.15) is 5.26 Å². The van der Waals surface area contributed by atoms with E-state index in [1.807, 2.05) is 36.4 Å². The van der Waals surface area contributed by atoms with E-state index in [1.165, 1.54) is 18.0 Å². The second-order valence-corrected chi connectivity index (χ2v) is 3.41. The number of nitrogens with zero attached hydrogens (tertiary/aromatic N) is 3. The summed E-state index contributed by atoms with van der Waals surface area (Å²) in [5, 5.41) is 8.80. The Morgan fingerprint density at radius 3 is 2.65 bits per heavy atom. The van der Waals surface area contributed by atoms with E-state index in [1.54, 1.807) is 0 Å². The van der Waals surface area contributed by atoms with Crippen molar-refractivity contribution in [3.8, 4) is 11.9 Å². The maximum absolute atomic E-state index is 8.80. The highest BCUT2D eigenvalue weighted by atomic mass is 16.5. The molecule has 84 valence electrons. The smallest absolute Gasteiger partial charge is 0.251 e. The van der Waals surface area contributed by atoms with Crippen molar-refractivity contribution in [2.24, 2.45) is 0 Å². The van der Waals surface area contributed by atoms with Gasteiger partial charge in [0.1, 0.15) is 6.07 Å². The highest BCUT2D eigenvalue weighted by Gasteiger charge is 2.04. The molecule has 0 radical (unpaired) electrons.